The normalized spacial score (nSPS) is 15.5. The number of likely N-dealkylation sites (tertiary alicyclic amines) is 1. The molecule has 0 radical (unpaired) electrons. The van der Waals surface area contributed by atoms with Gasteiger partial charge in [-0.1, -0.05) is 6.07 Å². The third kappa shape index (κ3) is 5.45. The van der Waals surface area contributed by atoms with Crippen molar-refractivity contribution in [2.45, 2.75) is 25.5 Å². The van der Waals surface area contributed by atoms with Crippen molar-refractivity contribution in [3.63, 3.8) is 0 Å². The Morgan fingerprint density at radius 1 is 1.26 bits per heavy atom. The van der Waals surface area contributed by atoms with Gasteiger partial charge in [0.1, 0.15) is 5.75 Å². The molecule has 27 heavy (non-hydrogen) atoms. The van der Waals surface area contributed by atoms with Gasteiger partial charge in [0, 0.05) is 37.5 Å². The highest BCUT2D eigenvalue weighted by atomic mass is 19.2. The zero-order valence-electron chi connectivity index (χ0n) is 14.7. The van der Waals surface area contributed by atoms with Crippen LogP contribution in [0.15, 0.2) is 36.5 Å². The van der Waals surface area contributed by atoms with E-state index in [0.717, 1.165) is 12.1 Å². The van der Waals surface area contributed by atoms with Crippen LogP contribution in [0.25, 0.3) is 0 Å². The van der Waals surface area contributed by atoms with Crippen LogP contribution in [0.5, 0.6) is 11.6 Å². The van der Waals surface area contributed by atoms with Crippen molar-refractivity contribution in [3.8, 4) is 11.6 Å². The number of benzene rings is 1. The molecule has 0 aliphatic carbocycles. The molecule has 0 spiro atoms. The fourth-order valence-electron chi connectivity index (χ4n) is 2.83. The minimum atomic E-state index is -1.01. The smallest absolute Gasteiger partial charge is 0.234 e. The summed E-state index contributed by atoms with van der Waals surface area (Å²) in [5.41, 5.74) is 0.615. The topological polar surface area (TPSA) is 74.7 Å². The van der Waals surface area contributed by atoms with E-state index < -0.39 is 11.6 Å². The first-order chi connectivity index (χ1) is 13.0. The van der Waals surface area contributed by atoms with Gasteiger partial charge in [0.05, 0.1) is 12.6 Å². The van der Waals surface area contributed by atoms with Crippen LogP contribution < -0.4 is 10.1 Å². The first kappa shape index (κ1) is 19.2. The lowest BCUT2D eigenvalue weighted by atomic mass is 10.1. The molecule has 1 aliphatic rings. The molecule has 1 saturated heterocycles. The van der Waals surface area contributed by atoms with Crippen LogP contribution in [-0.4, -0.2) is 46.6 Å². The predicted octanol–water partition coefficient (Wildman–Crippen LogP) is 2.22. The maximum atomic E-state index is 13.3. The molecule has 1 aliphatic heterocycles. The van der Waals surface area contributed by atoms with Crippen molar-refractivity contribution in [3.05, 3.63) is 53.7 Å². The average Bonchev–Trinajstić information content (AvgIpc) is 2.66. The molecule has 0 bridgehead atoms. The van der Waals surface area contributed by atoms with Crippen LogP contribution >= 0.6 is 0 Å². The minimum Gasteiger partial charge on any atom is -0.439 e. The lowest BCUT2D eigenvalue weighted by Gasteiger charge is -2.28. The minimum absolute atomic E-state index is 0.118. The van der Waals surface area contributed by atoms with Crippen LogP contribution in [0.3, 0.4) is 0 Å². The lowest BCUT2D eigenvalue weighted by Crippen LogP contribution is -2.42. The first-order valence-electron chi connectivity index (χ1n) is 8.75. The third-order valence-electron chi connectivity index (χ3n) is 4.36. The molecule has 1 amide bonds. The van der Waals surface area contributed by atoms with Crippen LogP contribution in [0.1, 0.15) is 18.4 Å². The Hall–Kier alpha value is -2.58. The number of pyridine rings is 1. The molecule has 1 aromatic heterocycles. The molecule has 0 atom stereocenters. The second kappa shape index (κ2) is 8.88. The molecule has 6 nitrogen and oxygen atoms in total. The summed E-state index contributed by atoms with van der Waals surface area (Å²) in [6.07, 6.45) is 2.57. The van der Waals surface area contributed by atoms with Gasteiger partial charge in [0.2, 0.25) is 11.8 Å². The highest BCUT2D eigenvalue weighted by Gasteiger charge is 2.19. The second-order valence-electron chi connectivity index (χ2n) is 6.43. The van der Waals surface area contributed by atoms with Crippen LogP contribution in [0, 0.1) is 11.6 Å². The quantitative estimate of drug-likeness (QED) is 0.808. The number of aliphatic hydroxyl groups is 1. The number of carbonyl (C=O) groups is 1. The van der Waals surface area contributed by atoms with Crippen molar-refractivity contribution >= 4 is 5.91 Å². The van der Waals surface area contributed by atoms with E-state index in [9.17, 15) is 18.7 Å². The van der Waals surface area contributed by atoms with Crippen molar-refractivity contribution in [2.75, 3.05) is 19.6 Å². The summed E-state index contributed by atoms with van der Waals surface area (Å²) in [6, 6.07) is 6.66. The average molecular weight is 377 g/mol. The maximum absolute atomic E-state index is 13.3. The van der Waals surface area contributed by atoms with Gasteiger partial charge in [-0.3, -0.25) is 9.69 Å². The number of amides is 1. The number of aromatic nitrogens is 1. The van der Waals surface area contributed by atoms with Crippen molar-refractivity contribution in [1.82, 2.24) is 15.2 Å². The van der Waals surface area contributed by atoms with E-state index in [1.54, 1.807) is 12.1 Å². The summed E-state index contributed by atoms with van der Waals surface area (Å²) in [7, 11) is 0. The van der Waals surface area contributed by atoms with Gasteiger partial charge < -0.3 is 15.2 Å². The number of carbonyl (C=O) groups excluding carboxylic acids is 1. The maximum Gasteiger partial charge on any atom is 0.234 e. The summed E-state index contributed by atoms with van der Waals surface area (Å²) in [4.78, 5) is 18.2. The van der Waals surface area contributed by atoms with E-state index in [-0.39, 0.29) is 36.7 Å². The summed E-state index contributed by atoms with van der Waals surface area (Å²) in [6.45, 7) is 1.83. The zero-order chi connectivity index (χ0) is 19.2. The van der Waals surface area contributed by atoms with Gasteiger partial charge in [-0.2, -0.15) is 0 Å². The fraction of sp³-hybridized carbons (Fsp3) is 0.368. The summed E-state index contributed by atoms with van der Waals surface area (Å²) >= 11 is 0. The number of halogens is 2. The van der Waals surface area contributed by atoms with E-state index in [2.05, 4.69) is 10.3 Å². The molecule has 2 heterocycles. The van der Waals surface area contributed by atoms with Gasteiger partial charge >= 0.3 is 0 Å². The lowest BCUT2D eigenvalue weighted by molar-refractivity contribution is -0.123. The molecular formula is C19H21F2N3O3. The highest BCUT2D eigenvalue weighted by molar-refractivity contribution is 5.78. The molecule has 2 aromatic rings. The number of hydrogen-bond acceptors (Lipinski definition) is 5. The Labute approximate surface area is 155 Å². The molecule has 144 valence electrons. The third-order valence-corrected chi connectivity index (χ3v) is 4.36. The largest absolute Gasteiger partial charge is 0.439 e. The van der Waals surface area contributed by atoms with Crippen molar-refractivity contribution in [2.24, 2.45) is 0 Å². The van der Waals surface area contributed by atoms with Crippen molar-refractivity contribution in [1.29, 1.82) is 0 Å². The molecular weight excluding hydrogens is 356 g/mol. The summed E-state index contributed by atoms with van der Waals surface area (Å²) < 4.78 is 31.9. The Bertz CT molecular complexity index is 796. The predicted molar refractivity (Wildman–Crippen MR) is 94.2 cm³/mol. The van der Waals surface area contributed by atoms with Crippen LogP contribution in [-0.2, 0) is 11.3 Å². The first-order valence-corrected chi connectivity index (χ1v) is 8.75. The Morgan fingerprint density at radius 2 is 2.04 bits per heavy atom. The molecule has 0 unspecified atom stereocenters. The van der Waals surface area contributed by atoms with E-state index in [1.165, 1.54) is 12.3 Å². The van der Waals surface area contributed by atoms with Gasteiger partial charge in [-0.15, -0.1) is 0 Å². The number of nitrogens with zero attached hydrogens (tertiary/aromatic N) is 2. The molecule has 1 fully saturated rings. The SMILES string of the molecule is O=C(CN1CCC(O)CC1)NCc1cccnc1Oc1ccc(F)c(F)c1. The number of aliphatic hydroxyl groups excluding tert-OH is 1. The highest BCUT2D eigenvalue weighted by Crippen LogP contribution is 2.24. The number of piperidine rings is 1. The van der Waals surface area contributed by atoms with Gasteiger partial charge in [0.25, 0.3) is 0 Å². The van der Waals surface area contributed by atoms with Gasteiger partial charge in [-0.05, 0) is 31.0 Å². The number of hydrogen-bond donors (Lipinski definition) is 2. The molecule has 3 rings (SSSR count). The Morgan fingerprint density at radius 3 is 2.78 bits per heavy atom. The number of rotatable bonds is 6. The zero-order valence-corrected chi connectivity index (χ0v) is 14.7. The molecule has 2 N–H and O–H groups in total. The Balaban J connectivity index is 1.57. The molecule has 0 saturated carbocycles. The second-order valence-corrected chi connectivity index (χ2v) is 6.43. The van der Waals surface area contributed by atoms with E-state index >= 15 is 0 Å². The van der Waals surface area contributed by atoms with Crippen molar-refractivity contribution < 1.29 is 23.4 Å². The van der Waals surface area contributed by atoms with Crippen LogP contribution in [0.2, 0.25) is 0 Å². The molecule has 8 heteroatoms. The van der Waals surface area contributed by atoms with Crippen LogP contribution in [0.4, 0.5) is 8.78 Å². The fourth-order valence-corrected chi connectivity index (χ4v) is 2.83. The van der Waals surface area contributed by atoms with Gasteiger partial charge in [-0.25, -0.2) is 13.8 Å². The Kier molecular flexibility index (Phi) is 6.31. The number of nitrogens with one attached hydrogen (secondary N) is 1. The summed E-state index contributed by atoms with van der Waals surface area (Å²) in [5.74, 6) is -1.78. The standard InChI is InChI=1S/C19H21F2N3O3/c20-16-4-3-15(10-17(16)21)27-19-13(2-1-7-22-19)11-23-18(26)12-24-8-5-14(25)6-9-24/h1-4,7,10,14,25H,5-6,8-9,11-12H2,(H,23,26). The number of ether oxygens (including phenoxy) is 1. The van der Waals surface area contributed by atoms with E-state index in [0.29, 0.717) is 31.5 Å². The summed E-state index contributed by atoms with van der Waals surface area (Å²) in [5, 5.41) is 12.3. The molecule has 1 aromatic carbocycles. The van der Waals surface area contributed by atoms with Gasteiger partial charge in [0.15, 0.2) is 11.6 Å². The van der Waals surface area contributed by atoms with E-state index in [1.807, 2.05) is 4.90 Å². The van der Waals surface area contributed by atoms with E-state index in [4.69, 9.17) is 4.74 Å². The monoisotopic (exact) mass is 377 g/mol.